The topological polar surface area (TPSA) is 4.93 Å². The van der Waals surface area contributed by atoms with Gasteiger partial charge in [-0.1, -0.05) is 0 Å². The van der Waals surface area contributed by atoms with Gasteiger partial charge in [0.2, 0.25) is 0 Å². The maximum atomic E-state index is 13.0. The first kappa shape index (κ1) is 7.28. The SMILES string of the molecule is Cn1ccc2c(F)c(F)ccc21. The van der Waals surface area contributed by atoms with Gasteiger partial charge in [0.25, 0.3) is 0 Å². The molecule has 0 spiro atoms. The second kappa shape index (κ2) is 2.30. The summed E-state index contributed by atoms with van der Waals surface area (Å²) < 4.78 is 27.4. The lowest BCUT2D eigenvalue weighted by atomic mass is 10.2. The number of aryl methyl sites for hydroxylation is 1. The van der Waals surface area contributed by atoms with Crippen molar-refractivity contribution >= 4 is 10.9 Å². The van der Waals surface area contributed by atoms with E-state index >= 15 is 0 Å². The smallest absolute Gasteiger partial charge is 0.168 e. The molecule has 1 aromatic carbocycles. The van der Waals surface area contributed by atoms with Gasteiger partial charge in [-0.2, -0.15) is 0 Å². The van der Waals surface area contributed by atoms with Crippen LogP contribution in [0.1, 0.15) is 0 Å². The van der Waals surface area contributed by atoms with E-state index in [4.69, 9.17) is 0 Å². The number of nitrogens with zero attached hydrogens (tertiary/aromatic N) is 1. The van der Waals surface area contributed by atoms with Gasteiger partial charge in [-0.3, -0.25) is 0 Å². The van der Waals surface area contributed by atoms with Crippen LogP contribution in [0.5, 0.6) is 0 Å². The summed E-state index contributed by atoms with van der Waals surface area (Å²) in [6, 6.07) is 4.26. The van der Waals surface area contributed by atoms with Gasteiger partial charge in [-0.05, 0) is 18.2 Å². The molecule has 0 aliphatic rings. The van der Waals surface area contributed by atoms with Crippen LogP contribution in [0, 0.1) is 11.6 Å². The van der Waals surface area contributed by atoms with E-state index in [2.05, 4.69) is 0 Å². The summed E-state index contributed by atoms with van der Waals surface area (Å²) in [5.74, 6) is -1.57. The van der Waals surface area contributed by atoms with Crippen LogP contribution >= 0.6 is 0 Å². The number of fused-ring (bicyclic) bond motifs is 1. The molecule has 12 heavy (non-hydrogen) atoms. The molecule has 0 saturated carbocycles. The van der Waals surface area contributed by atoms with E-state index in [0.717, 1.165) is 6.07 Å². The minimum Gasteiger partial charge on any atom is -0.350 e. The van der Waals surface area contributed by atoms with Crippen molar-refractivity contribution in [3.63, 3.8) is 0 Å². The normalized spacial score (nSPS) is 10.9. The zero-order valence-corrected chi connectivity index (χ0v) is 6.51. The second-order valence-corrected chi connectivity index (χ2v) is 2.72. The van der Waals surface area contributed by atoms with Gasteiger partial charge in [0.1, 0.15) is 0 Å². The molecule has 62 valence electrons. The van der Waals surface area contributed by atoms with Gasteiger partial charge in [0.05, 0.1) is 5.52 Å². The van der Waals surface area contributed by atoms with Crippen molar-refractivity contribution in [1.82, 2.24) is 4.57 Å². The zero-order valence-electron chi connectivity index (χ0n) is 6.51. The van der Waals surface area contributed by atoms with Crippen LogP contribution in [0.2, 0.25) is 0 Å². The van der Waals surface area contributed by atoms with Crippen LogP contribution < -0.4 is 0 Å². The van der Waals surface area contributed by atoms with Gasteiger partial charge < -0.3 is 4.57 Å². The van der Waals surface area contributed by atoms with Crippen molar-refractivity contribution in [1.29, 1.82) is 0 Å². The Morgan fingerprint density at radius 2 is 1.92 bits per heavy atom. The second-order valence-electron chi connectivity index (χ2n) is 2.72. The van der Waals surface area contributed by atoms with Crippen molar-refractivity contribution in [3.05, 3.63) is 36.0 Å². The molecule has 0 atom stereocenters. The predicted octanol–water partition coefficient (Wildman–Crippen LogP) is 2.46. The highest BCUT2D eigenvalue weighted by Crippen LogP contribution is 2.20. The average molecular weight is 167 g/mol. The van der Waals surface area contributed by atoms with Crippen molar-refractivity contribution in [2.24, 2.45) is 7.05 Å². The molecule has 2 aromatic rings. The Hall–Kier alpha value is -1.38. The van der Waals surface area contributed by atoms with E-state index in [1.807, 2.05) is 0 Å². The minimum atomic E-state index is -0.798. The van der Waals surface area contributed by atoms with E-state index in [0.29, 0.717) is 10.9 Å². The van der Waals surface area contributed by atoms with E-state index in [-0.39, 0.29) is 0 Å². The first-order valence-electron chi connectivity index (χ1n) is 3.59. The van der Waals surface area contributed by atoms with E-state index in [1.165, 1.54) is 0 Å². The fraction of sp³-hybridized carbons (Fsp3) is 0.111. The number of halogens is 2. The number of benzene rings is 1. The highest BCUT2D eigenvalue weighted by atomic mass is 19.2. The third-order valence-electron chi connectivity index (χ3n) is 1.95. The summed E-state index contributed by atoms with van der Waals surface area (Å²) in [4.78, 5) is 0. The largest absolute Gasteiger partial charge is 0.350 e. The lowest BCUT2D eigenvalue weighted by molar-refractivity contribution is 0.517. The molecular weight excluding hydrogens is 160 g/mol. The molecule has 0 N–H and O–H groups in total. The molecule has 3 heteroatoms. The highest BCUT2D eigenvalue weighted by molar-refractivity contribution is 5.80. The predicted molar refractivity (Wildman–Crippen MR) is 42.8 cm³/mol. The van der Waals surface area contributed by atoms with Crippen LogP contribution in [0.25, 0.3) is 10.9 Å². The summed E-state index contributed by atoms with van der Waals surface area (Å²) in [6.07, 6.45) is 1.70. The first-order valence-corrected chi connectivity index (χ1v) is 3.59. The molecule has 0 amide bonds. The summed E-state index contributed by atoms with van der Waals surface area (Å²) in [5, 5.41) is 0.331. The lowest BCUT2D eigenvalue weighted by Crippen LogP contribution is -1.87. The maximum Gasteiger partial charge on any atom is 0.168 e. The summed E-state index contributed by atoms with van der Waals surface area (Å²) in [5.41, 5.74) is 0.703. The Bertz CT molecular complexity index is 431. The van der Waals surface area contributed by atoms with Crippen molar-refractivity contribution in [2.45, 2.75) is 0 Å². The van der Waals surface area contributed by atoms with Crippen LogP contribution in [0.4, 0.5) is 8.78 Å². The quantitative estimate of drug-likeness (QED) is 0.568. The third kappa shape index (κ3) is 0.826. The fourth-order valence-electron chi connectivity index (χ4n) is 1.29. The molecule has 0 unspecified atom stereocenters. The van der Waals surface area contributed by atoms with Gasteiger partial charge in [0, 0.05) is 18.6 Å². The van der Waals surface area contributed by atoms with Gasteiger partial charge in [-0.25, -0.2) is 8.78 Å². The molecule has 0 radical (unpaired) electrons. The van der Waals surface area contributed by atoms with Gasteiger partial charge >= 0.3 is 0 Å². The lowest BCUT2D eigenvalue weighted by Gasteiger charge is -1.96. The van der Waals surface area contributed by atoms with Crippen molar-refractivity contribution in [2.75, 3.05) is 0 Å². The highest BCUT2D eigenvalue weighted by Gasteiger charge is 2.07. The number of aromatic nitrogens is 1. The van der Waals surface area contributed by atoms with Crippen molar-refractivity contribution < 1.29 is 8.78 Å². The summed E-state index contributed by atoms with van der Waals surface area (Å²) in [6.45, 7) is 0. The van der Waals surface area contributed by atoms with Crippen LogP contribution in [0.15, 0.2) is 24.4 Å². The van der Waals surface area contributed by atoms with Crippen LogP contribution in [-0.2, 0) is 7.05 Å². The average Bonchev–Trinajstić information content (AvgIpc) is 2.41. The molecule has 0 fully saturated rings. The number of rotatable bonds is 0. The monoisotopic (exact) mass is 167 g/mol. The molecule has 1 heterocycles. The molecule has 1 aromatic heterocycles. The molecule has 0 aliphatic heterocycles. The first-order chi connectivity index (χ1) is 5.70. The van der Waals surface area contributed by atoms with Crippen molar-refractivity contribution in [3.8, 4) is 0 Å². The van der Waals surface area contributed by atoms with Crippen LogP contribution in [0.3, 0.4) is 0 Å². The van der Waals surface area contributed by atoms with Crippen LogP contribution in [-0.4, -0.2) is 4.57 Å². The third-order valence-corrected chi connectivity index (χ3v) is 1.95. The Morgan fingerprint density at radius 3 is 2.67 bits per heavy atom. The Labute approximate surface area is 68.2 Å². The van der Waals surface area contributed by atoms with Gasteiger partial charge in [-0.15, -0.1) is 0 Å². The Kier molecular flexibility index (Phi) is 1.40. The number of hydrogen-bond acceptors (Lipinski definition) is 0. The molecule has 1 nitrogen and oxygen atoms in total. The Morgan fingerprint density at radius 1 is 1.17 bits per heavy atom. The molecular formula is C9H7F2N. The standard InChI is InChI=1S/C9H7F2N/c1-12-5-4-6-8(12)3-2-7(10)9(6)11/h2-5H,1H3. The minimum absolute atomic E-state index is 0.331. The molecule has 0 aliphatic carbocycles. The Balaban J connectivity index is 2.93. The molecule has 0 saturated heterocycles. The maximum absolute atomic E-state index is 13.0. The molecule has 2 rings (SSSR count). The summed E-state index contributed by atoms with van der Waals surface area (Å²) in [7, 11) is 1.79. The fourth-order valence-corrected chi connectivity index (χ4v) is 1.29. The van der Waals surface area contributed by atoms with E-state index < -0.39 is 11.6 Å². The van der Waals surface area contributed by atoms with E-state index in [9.17, 15) is 8.78 Å². The van der Waals surface area contributed by atoms with E-state index in [1.54, 1.807) is 29.9 Å². The zero-order chi connectivity index (χ0) is 8.72. The molecule has 0 bridgehead atoms. The summed E-state index contributed by atoms with van der Waals surface area (Å²) >= 11 is 0. The number of hydrogen-bond donors (Lipinski definition) is 0. The van der Waals surface area contributed by atoms with Gasteiger partial charge in [0.15, 0.2) is 11.6 Å².